The van der Waals surface area contributed by atoms with Gasteiger partial charge >= 0.3 is 0 Å². The van der Waals surface area contributed by atoms with Gasteiger partial charge in [0.2, 0.25) is 11.8 Å². The van der Waals surface area contributed by atoms with Gasteiger partial charge in [-0.3, -0.25) is 9.59 Å². The molecule has 0 saturated carbocycles. The number of carbonyl (C=O) groups excluding carboxylic acids is 2. The number of anilines is 1. The van der Waals surface area contributed by atoms with E-state index < -0.39 is 6.04 Å². The average Bonchev–Trinajstić information content (AvgIpc) is 3.03. The zero-order chi connectivity index (χ0) is 17.1. The summed E-state index contributed by atoms with van der Waals surface area (Å²) in [5.41, 5.74) is 0.553. The molecular weight excluding hydrogens is 347 g/mol. The first-order valence-corrected chi connectivity index (χ1v) is 9.02. The minimum absolute atomic E-state index is 0.00372. The third-order valence-electron chi connectivity index (χ3n) is 4.59. The van der Waals surface area contributed by atoms with Crippen molar-refractivity contribution in [2.75, 3.05) is 11.9 Å². The Labute approximate surface area is 151 Å². The molecule has 4 nitrogen and oxygen atoms in total. The third-order valence-corrected chi connectivity index (χ3v) is 5.02. The van der Waals surface area contributed by atoms with Crippen LogP contribution in [-0.4, -0.2) is 29.3 Å². The van der Waals surface area contributed by atoms with Crippen molar-refractivity contribution in [3.8, 4) is 0 Å². The quantitative estimate of drug-likeness (QED) is 0.811. The maximum absolute atomic E-state index is 12.7. The lowest BCUT2D eigenvalue weighted by Gasteiger charge is -2.28. The Balaban J connectivity index is 1.69. The molecule has 2 amide bonds. The number of halogens is 2. The van der Waals surface area contributed by atoms with E-state index in [0.717, 1.165) is 25.7 Å². The molecule has 0 aromatic heterocycles. The van der Waals surface area contributed by atoms with Gasteiger partial charge in [-0.15, -0.1) is 0 Å². The predicted octanol–water partition coefficient (Wildman–Crippen LogP) is 4.28. The van der Waals surface area contributed by atoms with Gasteiger partial charge in [0.25, 0.3) is 0 Å². The van der Waals surface area contributed by atoms with Gasteiger partial charge < -0.3 is 10.2 Å². The van der Waals surface area contributed by atoms with Gasteiger partial charge in [0, 0.05) is 28.2 Å². The zero-order valence-electron chi connectivity index (χ0n) is 13.3. The fourth-order valence-corrected chi connectivity index (χ4v) is 3.93. The molecule has 0 radical (unpaired) electrons. The van der Waals surface area contributed by atoms with Crippen molar-refractivity contribution in [2.45, 2.75) is 38.1 Å². The fourth-order valence-electron chi connectivity index (χ4n) is 3.41. The summed E-state index contributed by atoms with van der Waals surface area (Å²) < 4.78 is 0. The molecule has 1 aromatic rings. The van der Waals surface area contributed by atoms with E-state index in [1.807, 2.05) is 0 Å². The Bertz CT molecular complexity index is 655. The van der Waals surface area contributed by atoms with Crippen molar-refractivity contribution in [2.24, 2.45) is 5.92 Å². The Morgan fingerprint density at radius 1 is 1.08 bits per heavy atom. The molecule has 24 heavy (non-hydrogen) atoms. The monoisotopic (exact) mass is 366 g/mol. The molecule has 128 valence electrons. The third kappa shape index (κ3) is 3.93. The fraction of sp³-hybridized carbons (Fsp3) is 0.444. The first kappa shape index (κ1) is 17.3. The number of likely N-dealkylation sites (tertiary alicyclic amines) is 1. The average molecular weight is 367 g/mol. The van der Waals surface area contributed by atoms with Crippen LogP contribution in [0.2, 0.25) is 10.0 Å². The van der Waals surface area contributed by atoms with Crippen molar-refractivity contribution in [1.29, 1.82) is 0 Å². The molecule has 0 bridgehead atoms. The molecular formula is C18H20Cl2N2O2. The minimum atomic E-state index is -0.416. The Hall–Kier alpha value is -1.52. The van der Waals surface area contributed by atoms with Crippen LogP contribution in [0.25, 0.3) is 0 Å². The Morgan fingerprint density at radius 2 is 1.83 bits per heavy atom. The van der Waals surface area contributed by atoms with Crippen LogP contribution < -0.4 is 5.32 Å². The molecule has 2 aliphatic rings. The molecule has 2 atom stereocenters. The number of hydrogen-bond donors (Lipinski definition) is 1. The summed E-state index contributed by atoms with van der Waals surface area (Å²) in [7, 11) is 0. The molecule has 1 heterocycles. The molecule has 2 unspecified atom stereocenters. The van der Waals surface area contributed by atoms with Crippen LogP contribution >= 0.6 is 23.2 Å². The Kier molecular flexibility index (Phi) is 5.47. The number of carbonyl (C=O) groups is 2. The number of nitrogens with zero attached hydrogens (tertiary/aromatic N) is 1. The first-order chi connectivity index (χ1) is 11.5. The summed E-state index contributed by atoms with van der Waals surface area (Å²) in [5.74, 6) is -0.0734. The number of allylic oxidation sites excluding steroid dienone is 2. The summed E-state index contributed by atoms with van der Waals surface area (Å²) in [5, 5.41) is 3.77. The molecule has 1 aliphatic heterocycles. The maximum Gasteiger partial charge on any atom is 0.247 e. The smallest absolute Gasteiger partial charge is 0.247 e. The van der Waals surface area contributed by atoms with Crippen molar-refractivity contribution in [3.63, 3.8) is 0 Å². The molecule has 1 aliphatic carbocycles. The molecule has 1 aromatic carbocycles. The lowest BCUT2D eigenvalue weighted by Crippen LogP contribution is -2.45. The SMILES string of the molecule is O=C(Nc1cc(Cl)cc(Cl)c1)C1CCCN1C(=O)C1CC=CCC1. The summed E-state index contributed by atoms with van der Waals surface area (Å²) in [4.78, 5) is 27.1. The van der Waals surface area contributed by atoms with E-state index >= 15 is 0 Å². The molecule has 0 spiro atoms. The van der Waals surface area contributed by atoms with Crippen molar-refractivity contribution >= 4 is 40.7 Å². The van der Waals surface area contributed by atoms with Crippen molar-refractivity contribution in [3.05, 3.63) is 40.4 Å². The standard InChI is InChI=1S/C18H20Cl2N2O2/c19-13-9-14(20)11-15(10-13)21-17(23)16-7-4-8-22(16)18(24)12-5-2-1-3-6-12/h1-2,9-12,16H,3-8H2,(H,21,23). The van der Waals surface area contributed by atoms with Crippen LogP contribution in [0.3, 0.4) is 0 Å². The number of amides is 2. The van der Waals surface area contributed by atoms with Crippen molar-refractivity contribution in [1.82, 2.24) is 4.90 Å². The van der Waals surface area contributed by atoms with Gasteiger partial charge in [-0.1, -0.05) is 35.4 Å². The topological polar surface area (TPSA) is 49.4 Å². The predicted molar refractivity (Wildman–Crippen MR) is 96.3 cm³/mol. The lowest BCUT2D eigenvalue weighted by molar-refractivity contribution is -0.140. The molecule has 6 heteroatoms. The Morgan fingerprint density at radius 3 is 2.50 bits per heavy atom. The van der Waals surface area contributed by atoms with E-state index in [1.54, 1.807) is 23.1 Å². The summed E-state index contributed by atoms with van der Waals surface area (Å²) >= 11 is 11.9. The summed E-state index contributed by atoms with van der Waals surface area (Å²) in [6.45, 7) is 0.646. The second kappa shape index (κ2) is 7.58. The van der Waals surface area contributed by atoms with E-state index in [0.29, 0.717) is 28.7 Å². The van der Waals surface area contributed by atoms with Crippen LogP contribution in [0.4, 0.5) is 5.69 Å². The van der Waals surface area contributed by atoms with Gasteiger partial charge in [-0.05, 0) is 50.3 Å². The number of hydrogen-bond acceptors (Lipinski definition) is 2. The highest BCUT2D eigenvalue weighted by molar-refractivity contribution is 6.35. The lowest BCUT2D eigenvalue weighted by atomic mass is 9.93. The van der Waals surface area contributed by atoms with Gasteiger partial charge in [0.15, 0.2) is 0 Å². The van der Waals surface area contributed by atoms with Crippen LogP contribution in [-0.2, 0) is 9.59 Å². The van der Waals surface area contributed by atoms with Crippen LogP contribution in [0.1, 0.15) is 32.1 Å². The normalized spacial score (nSPS) is 23.3. The van der Waals surface area contributed by atoms with E-state index in [9.17, 15) is 9.59 Å². The van der Waals surface area contributed by atoms with Gasteiger partial charge in [-0.2, -0.15) is 0 Å². The van der Waals surface area contributed by atoms with E-state index in [2.05, 4.69) is 17.5 Å². The number of rotatable bonds is 3. The second-order valence-corrected chi connectivity index (χ2v) is 7.19. The maximum atomic E-state index is 12.7. The van der Waals surface area contributed by atoms with Crippen molar-refractivity contribution < 1.29 is 9.59 Å². The van der Waals surface area contributed by atoms with Crippen LogP contribution in [0.5, 0.6) is 0 Å². The number of nitrogens with one attached hydrogen (secondary N) is 1. The van der Waals surface area contributed by atoms with Gasteiger partial charge in [-0.25, -0.2) is 0 Å². The molecule has 1 saturated heterocycles. The molecule has 3 rings (SSSR count). The molecule has 1 fully saturated rings. The van der Waals surface area contributed by atoms with E-state index in [1.165, 1.54) is 0 Å². The highest BCUT2D eigenvalue weighted by Crippen LogP contribution is 2.27. The second-order valence-electron chi connectivity index (χ2n) is 6.32. The van der Waals surface area contributed by atoms with E-state index in [4.69, 9.17) is 23.2 Å². The van der Waals surface area contributed by atoms with Gasteiger partial charge in [0.1, 0.15) is 6.04 Å². The summed E-state index contributed by atoms with van der Waals surface area (Å²) in [6, 6.07) is 4.50. The van der Waals surface area contributed by atoms with Crippen LogP contribution in [0.15, 0.2) is 30.4 Å². The minimum Gasteiger partial charge on any atom is -0.330 e. The number of benzene rings is 1. The largest absolute Gasteiger partial charge is 0.330 e. The highest BCUT2D eigenvalue weighted by atomic mass is 35.5. The zero-order valence-corrected chi connectivity index (χ0v) is 14.8. The van der Waals surface area contributed by atoms with E-state index in [-0.39, 0.29) is 17.7 Å². The van der Waals surface area contributed by atoms with Crippen LogP contribution in [0, 0.1) is 5.92 Å². The molecule has 1 N–H and O–H groups in total. The highest BCUT2D eigenvalue weighted by Gasteiger charge is 2.36. The summed E-state index contributed by atoms with van der Waals surface area (Å²) in [6.07, 6.45) is 8.28. The van der Waals surface area contributed by atoms with Gasteiger partial charge in [0.05, 0.1) is 0 Å². The first-order valence-electron chi connectivity index (χ1n) is 8.27.